The summed E-state index contributed by atoms with van der Waals surface area (Å²) in [4.78, 5) is 17.6. The van der Waals surface area contributed by atoms with E-state index in [1.165, 1.54) is 5.56 Å². The molecule has 2 rings (SSSR count). The average Bonchev–Trinajstić information content (AvgIpc) is 2.67. The number of carbonyl (C=O) groups excluding carboxylic acids is 1. The van der Waals surface area contributed by atoms with Gasteiger partial charge in [-0.15, -0.1) is 0 Å². The van der Waals surface area contributed by atoms with Gasteiger partial charge in [0.15, 0.2) is 0 Å². The number of ether oxygens (including phenoxy) is 1. The summed E-state index contributed by atoms with van der Waals surface area (Å²) in [5.41, 5.74) is 6.56. The fourth-order valence-corrected chi connectivity index (χ4v) is 3.88. The highest BCUT2D eigenvalue weighted by atomic mass is 16.6. The molecular formula is C28H39N3O2. The molecular weight excluding hydrogens is 410 g/mol. The molecule has 0 spiro atoms. The van der Waals surface area contributed by atoms with Crippen LogP contribution in [0.25, 0.3) is 11.1 Å². The summed E-state index contributed by atoms with van der Waals surface area (Å²) in [5, 5.41) is 12.6. The van der Waals surface area contributed by atoms with Crippen molar-refractivity contribution in [3.8, 4) is 17.2 Å². The molecule has 0 radical (unpaired) electrons. The van der Waals surface area contributed by atoms with Crippen LogP contribution in [0.15, 0.2) is 24.3 Å². The molecule has 1 aromatic carbocycles. The van der Waals surface area contributed by atoms with Crippen molar-refractivity contribution in [2.24, 2.45) is 11.8 Å². The molecule has 0 aliphatic heterocycles. The molecule has 0 aliphatic carbocycles. The van der Waals surface area contributed by atoms with Gasteiger partial charge in [0.05, 0.1) is 12.5 Å². The maximum Gasteiger partial charge on any atom is 0.407 e. The Labute approximate surface area is 199 Å². The van der Waals surface area contributed by atoms with Crippen molar-refractivity contribution >= 4 is 6.09 Å². The minimum atomic E-state index is -0.573. The van der Waals surface area contributed by atoms with Crippen LogP contribution < -0.4 is 5.32 Å². The Hall–Kier alpha value is -2.87. The lowest BCUT2D eigenvalue weighted by Gasteiger charge is -2.24. The van der Waals surface area contributed by atoms with E-state index >= 15 is 0 Å². The van der Waals surface area contributed by atoms with Crippen LogP contribution in [0.2, 0.25) is 0 Å². The maximum atomic E-state index is 12.5. The Bertz CT molecular complexity index is 994. The number of hydrogen-bond acceptors (Lipinski definition) is 4. The second-order valence-corrected chi connectivity index (χ2v) is 10.6. The van der Waals surface area contributed by atoms with E-state index in [1.54, 1.807) is 0 Å². The van der Waals surface area contributed by atoms with Crippen LogP contribution in [0.4, 0.5) is 4.79 Å². The molecule has 5 heteroatoms. The number of nitriles is 1. The number of aryl methyl sites for hydroxylation is 1. The standard InChI is InChI=1S/C28H39N3O2/c1-18(2)15-24-22(13-14-29)26(21-11-9-20(5)10-12-21)23(25(31-24)16-19(3)4)17-30-27(32)33-28(6,7)8/h9-12,18-19H,13,15-17H2,1-8H3,(H,30,32). The van der Waals surface area contributed by atoms with E-state index in [2.05, 4.69) is 70.3 Å². The zero-order chi connectivity index (χ0) is 24.8. The maximum absolute atomic E-state index is 12.5. The molecule has 0 atom stereocenters. The largest absolute Gasteiger partial charge is 0.444 e. The van der Waals surface area contributed by atoms with E-state index in [1.807, 2.05) is 20.8 Å². The van der Waals surface area contributed by atoms with E-state index in [4.69, 9.17) is 9.72 Å². The summed E-state index contributed by atoms with van der Waals surface area (Å²) in [6, 6.07) is 10.7. The molecule has 1 aromatic heterocycles. The predicted molar refractivity (Wildman–Crippen MR) is 134 cm³/mol. The van der Waals surface area contributed by atoms with Gasteiger partial charge in [0.2, 0.25) is 0 Å². The van der Waals surface area contributed by atoms with Crippen LogP contribution >= 0.6 is 0 Å². The quantitative estimate of drug-likeness (QED) is 0.496. The van der Waals surface area contributed by atoms with Gasteiger partial charge in [-0.05, 0) is 69.1 Å². The van der Waals surface area contributed by atoms with Gasteiger partial charge >= 0.3 is 6.09 Å². The Morgan fingerprint density at radius 3 is 2.06 bits per heavy atom. The number of aromatic nitrogens is 1. The Morgan fingerprint density at radius 2 is 1.58 bits per heavy atom. The minimum Gasteiger partial charge on any atom is -0.444 e. The minimum absolute atomic E-state index is 0.277. The third-order valence-corrected chi connectivity index (χ3v) is 5.18. The third kappa shape index (κ3) is 7.89. The van der Waals surface area contributed by atoms with E-state index in [9.17, 15) is 10.1 Å². The summed E-state index contributed by atoms with van der Waals surface area (Å²) in [5.74, 6) is 0.816. The summed E-state index contributed by atoms with van der Waals surface area (Å²) >= 11 is 0. The number of benzene rings is 1. The van der Waals surface area contributed by atoms with Crippen molar-refractivity contribution < 1.29 is 9.53 Å². The smallest absolute Gasteiger partial charge is 0.407 e. The first-order valence-electron chi connectivity index (χ1n) is 11.9. The number of rotatable bonds is 8. The number of alkyl carbamates (subject to hydrolysis) is 1. The van der Waals surface area contributed by atoms with Crippen molar-refractivity contribution in [1.82, 2.24) is 10.3 Å². The molecule has 0 unspecified atom stereocenters. The van der Waals surface area contributed by atoms with Crippen LogP contribution in [-0.2, 0) is 30.5 Å². The van der Waals surface area contributed by atoms with Gasteiger partial charge in [-0.3, -0.25) is 4.98 Å². The zero-order valence-corrected chi connectivity index (χ0v) is 21.5. The summed E-state index contributed by atoms with van der Waals surface area (Å²) < 4.78 is 5.47. The number of nitrogens with one attached hydrogen (secondary N) is 1. The Balaban J connectivity index is 2.72. The van der Waals surface area contributed by atoms with Crippen LogP contribution in [0.1, 0.15) is 76.5 Å². The number of carbonyl (C=O) groups is 1. The first-order chi connectivity index (χ1) is 15.4. The molecule has 1 amide bonds. The zero-order valence-electron chi connectivity index (χ0n) is 21.5. The predicted octanol–water partition coefficient (Wildman–Crippen LogP) is 6.54. The Kier molecular flexibility index (Phi) is 9.05. The molecule has 178 valence electrons. The SMILES string of the molecule is Cc1ccc(-c2c(CC#N)c(CC(C)C)nc(CC(C)C)c2CNC(=O)OC(C)(C)C)cc1. The monoisotopic (exact) mass is 449 g/mol. The molecule has 5 nitrogen and oxygen atoms in total. The molecule has 1 heterocycles. The van der Waals surface area contributed by atoms with Crippen LogP contribution in [0, 0.1) is 30.1 Å². The molecule has 2 aromatic rings. The molecule has 0 aliphatic rings. The second-order valence-electron chi connectivity index (χ2n) is 10.6. The second kappa shape index (κ2) is 11.3. The normalized spacial score (nSPS) is 11.5. The molecule has 0 bridgehead atoms. The first-order valence-corrected chi connectivity index (χ1v) is 11.9. The van der Waals surface area contributed by atoms with Gasteiger partial charge in [0, 0.05) is 23.5 Å². The fourth-order valence-electron chi connectivity index (χ4n) is 3.88. The van der Waals surface area contributed by atoms with Crippen molar-refractivity contribution in [2.75, 3.05) is 0 Å². The topological polar surface area (TPSA) is 75.0 Å². The number of hydrogen-bond donors (Lipinski definition) is 1. The number of nitrogens with zero attached hydrogens (tertiary/aromatic N) is 2. The highest BCUT2D eigenvalue weighted by Crippen LogP contribution is 2.34. The van der Waals surface area contributed by atoms with E-state index in [0.717, 1.165) is 46.5 Å². The fraction of sp³-hybridized carbons (Fsp3) is 0.536. The van der Waals surface area contributed by atoms with Crippen molar-refractivity contribution in [3.63, 3.8) is 0 Å². The van der Waals surface area contributed by atoms with E-state index in [0.29, 0.717) is 18.4 Å². The van der Waals surface area contributed by atoms with Crippen LogP contribution in [-0.4, -0.2) is 16.7 Å². The van der Waals surface area contributed by atoms with E-state index in [-0.39, 0.29) is 6.42 Å². The summed E-state index contributed by atoms with van der Waals surface area (Å²) in [6.07, 6.45) is 1.42. The molecule has 0 saturated heterocycles. The summed E-state index contributed by atoms with van der Waals surface area (Å²) in [7, 11) is 0. The lowest BCUT2D eigenvalue weighted by Crippen LogP contribution is -2.32. The average molecular weight is 450 g/mol. The van der Waals surface area contributed by atoms with Gasteiger partial charge in [0.25, 0.3) is 0 Å². The Morgan fingerprint density at radius 1 is 1.03 bits per heavy atom. The highest BCUT2D eigenvalue weighted by Gasteiger charge is 2.23. The van der Waals surface area contributed by atoms with Crippen LogP contribution in [0.5, 0.6) is 0 Å². The molecule has 0 fully saturated rings. The third-order valence-electron chi connectivity index (χ3n) is 5.18. The van der Waals surface area contributed by atoms with E-state index < -0.39 is 11.7 Å². The molecule has 0 saturated carbocycles. The van der Waals surface area contributed by atoms with Gasteiger partial charge in [0.1, 0.15) is 5.60 Å². The first kappa shape index (κ1) is 26.4. The van der Waals surface area contributed by atoms with Crippen molar-refractivity contribution in [1.29, 1.82) is 5.26 Å². The summed E-state index contributed by atoms with van der Waals surface area (Å²) in [6.45, 7) is 16.6. The van der Waals surface area contributed by atoms with Gasteiger partial charge in [-0.2, -0.15) is 5.26 Å². The molecule has 33 heavy (non-hydrogen) atoms. The lowest BCUT2D eigenvalue weighted by atomic mass is 9.87. The van der Waals surface area contributed by atoms with Crippen LogP contribution in [0.3, 0.4) is 0 Å². The lowest BCUT2D eigenvalue weighted by molar-refractivity contribution is 0.0523. The molecule has 1 N–H and O–H groups in total. The van der Waals surface area contributed by atoms with Crippen molar-refractivity contribution in [3.05, 3.63) is 52.3 Å². The van der Waals surface area contributed by atoms with Gasteiger partial charge in [-0.1, -0.05) is 57.5 Å². The number of pyridine rings is 1. The van der Waals surface area contributed by atoms with Crippen molar-refractivity contribution in [2.45, 2.75) is 86.8 Å². The number of amides is 1. The highest BCUT2D eigenvalue weighted by molar-refractivity contribution is 5.75. The van der Waals surface area contributed by atoms with Gasteiger partial charge < -0.3 is 10.1 Å². The van der Waals surface area contributed by atoms with Gasteiger partial charge in [-0.25, -0.2) is 4.79 Å².